The van der Waals surface area contributed by atoms with Gasteiger partial charge in [0.1, 0.15) is 13.0 Å². The van der Waals surface area contributed by atoms with Crippen molar-refractivity contribution in [2.24, 2.45) is 0 Å². The maximum atomic E-state index is 12.3. The summed E-state index contributed by atoms with van der Waals surface area (Å²) in [6.07, 6.45) is 2.50. The lowest BCUT2D eigenvalue weighted by Crippen LogP contribution is -2.46. The lowest BCUT2D eigenvalue weighted by Gasteiger charge is -2.32. The van der Waals surface area contributed by atoms with Crippen molar-refractivity contribution >= 4 is 23.0 Å². The van der Waals surface area contributed by atoms with E-state index in [2.05, 4.69) is 30.3 Å². The Morgan fingerprint density at radius 1 is 1.23 bits per heavy atom. The Hall–Kier alpha value is -2.20. The highest BCUT2D eigenvalue weighted by molar-refractivity contribution is 5.83. The molecule has 0 aromatic heterocycles. The van der Waals surface area contributed by atoms with E-state index in [0.717, 1.165) is 11.8 Å². The molecular formula is C18H19NO3. The zero-order valence-corrected chi connectivity index (χ0v) is 12.4. The third kappa shape index (κ3) is 3.17. The minimum Gasteiger partial charge on any atom is -0.361 e. The zero-order chi connectivity index (χ0) is 15.4. The molecule has 2 aromatic rings. The van der Waals surface area contributed by atoms with Crippen molar-refractivity contribution in [3.8, 4) is 0 Å². The van der Waals surface area contributed by atoms with Gasteiger partial charge >= 0.3 is 0 Å². The van der Waals surface area contributed by atoms with E-state index in [-0.39, 0.29) is 18.7 Å². The molecule has 0 radical (unpaired) electrons. The molecular weight excluding hydrogens is 278 g/mol. The quantitative estimate of drug-likeness (QED) is 0.815. The predicted octanol–water partition coefficient (Wildman–Crippen LogP) is 2.55. The number of ether oxygens (including phenoxy) is 1. The summed E-state index contributed by atoms with van der Waals surface area (Å²) in [6, 6.07) is 14.1. The van der Waals surface area contributed by atoms with Gasteiger partial charge in [-0.1, -0.05) is 42.5 Å². The molecule has 1 unspecified atom stereocenters. The molecule has 1 saturated heterocycles. The Balaban J connectivity index is 1.65. The number of carbonyl (C=O) groups excluding carboxylic acids is 2. The molecule has 0 bridgehead atoms. The van der Waals surface area contributed by atoms with Crippen LogP contribution in [0.4, 0.5) is 0 Å². The summed E-state index contributed by atoms with van der Waals surface area (Å²) in [6.45, 7) is 0.762. The van der Waals surface area contributed by atoms with Crippen LogP contribution in [-0.4, -0.2) is 36.5 Å². The molecule has 22 heavy (non-hydrogen) atoms. The van der Waals surface area contributed by atoms with E-state index in [1.54, 1.807) is 0 Å². The van der Waals surface area contributed by atoms with Crippen molar-refractivity contribution < 1.29 is 14.3 Å². The maximum Gasteiger partial charge on any atom is 0.225 e. The first-order valence-corrected chi connectivity index (χ1v) is 7.58. The normalized spacial score (nSPS) is 18.4. The van der Waals surface area contributed by atoms with Gasteiger partial charge in [-0.2, -0.15) is 0 Å². The largest absolute Gasteiger partial charge is 0.361 e. The SMILES string of the molecule is O=CC1CCOCN1C(=O)CCc1ccc2ccccc2c1. The fourth-order valence-corrected chi connectivity index (χ4v) is 2.81. The van der Waals surface area contributed by atoms with Crippen LogP contribution in [0.15, 0.2) is 42.5 Å². The van der Waals surface area contributed by atoms with E-state index in [0.29, 0.717) is 25.9 Å². The lowest BCUT2D eigenvalue weighted by molar-refractivity contribution is -0.149. The summed E-state index contributed by atoms with van der Waals surface area (Å²) < 4.78 is 5.29. The van der Waals surface area contributed by atoms with Crippen LogP contribution in [0, 0.1) is 0 Å². The molecule has 1 atom stereocenters. The summed E-state index contributed by atoms with van der Waals surface area (Å²) in [7, 11) is 0. The van der Waals surface area contributed by atoms with Gasteiger partial charge < -0.3 is 14.4 Å². The highest BCUT2D eigenvalue weighted by Crippen LogP contribution is 2.18. The van der Waals surface area contributed by atoms with Crippen LogP contribution in [0.2, 0.25) is 0 Å². The smallest absolute Gasteiger partial charge is 0.225 e. The van der Waals surface area contributed by atoms with E-state index in [1.807, 2.05) is 12.1 Å². The maximum absolute atomic E-state index is 12.3. The third-order valence-electron chi connectivity index (χ3n) is 4.11. The van der Waals surface area contributed by atoms with Crippen LogP contribution in [0.25, 0.3) is 10.8 Å². The fourth-order valence-electron chi connectivity index (χ4n) is 2.81. The van der Waals surface area contributed by atoms with Gasteiger partial charge in [-0.3, -0.25) is 4.79 Å². The number of hydrogen-bond donors (Lipinski definition) is 0. The number of amides is 1. The van der Waals surface area contributed by atoms with Gasteiger partial charge in [-0.05, 0) is 29.2 Å². The molecule has 4 nitrogen and oxygen atoms in total. The molecule has 1 heterocycles. The molecule has 2 aromatic carbocycles. The first-order chi connectivity index (χ1) is 10.8. The monoisotopic (exact) mass is 297 g/mol. The number of hydrogen-bond acceptors (Lipinski definition) is 3. The van der Waals surface area contributed by atoms with Gasteiger partial charge in [-0.15, -0.1) is 0 Å². The standard InChI is InChI=1S/C18H19NO3/c20-12-17-9-10-22-13-19(17)18(21)8-6-14-5-7-15-3-1-2-4-16(15)11-14/h1-5,7,11-12,17H,6,8-10,13H2. The van der Waals surface area contributed by atoms with Crippen molar-refractivity contribution in [1.29, 1.82) is 0 Å². The van der Waals surface area contributed by atoms with E-state index < -0.39 is 0 Å². The molecule has 1 amide bonds. The van der Waals surface area contributed by atoms with Crippen LogP contribution in [0.1, 0.15) is 18.4 Å². The number of carbonyl (C=O) groups is 2. The van der Waals surface area contributed by atoms with Gasteiger partial charge in [-0.25, -0.2) is 0 Å². The van der Waals surface area contributed by atoms with E-state index in [4.69, 9.17) is 4.74 Å². The topological polar surface area (TPSA) is 46.6 Å². The summed E-state index contributed by atoms with van der Waals surface area (Å²) in [4.78, 5) is 24.9. The van der Waals surface area contributed by atoms with Crippen molar-refractivity contribution in [3.63, 3.8) is 0 Å². The Bertz CT molecular complexity index is 683. The summed E-state index contributed by atoms with van der Waals surface area (Å²) in [5.41, 5.74) is 1.13. The van der Waals surface area contributed by atoms with E-state index in [1.165, 1.54) is 15.7 Å². The van der Waals surface area contributed by atoms with Crippen molar-refractivity contribution in [2.75, 3.05) is 13.3 Å². The highest BCUT2D eigenvalue weighted by atomic mass is 16.5. The van der Waals surface area contributed by atoms with E-state index >= 15 is 0 Å². The second-order valence-electron chi connectivity index (χ2n) is 5.57. The van der Waals surface area contributed by atoms with Crippen LogP contribution >= 0.6 is 0 Å². The van der Waals surface area contributed by atoms with Gasteiger partial charge in [0.25, 0.3) is 0 Å². The van der Waals surface area contributed by atoms with Crippen LogP contribution in [0.5, 0.6) is 0 Å². The van der Waals surface area contributed by atoms with Crippen molar-refractivity contribution in [1.82, 2.24) is 4.90 Å². The number of benzene rings is 2. The molecule has 4 heteroatoms. The molecule has 3 rings (SSSR count). The summed E-state index contributed by atoms with van der Waals surface area (Å²) >= 11 is 0. The minimum absolute atomic E-state index is 0.0232. The lowest BCUT2D eigenvalue weighted by atomic mass is 10.0. The van der Waals surface area contributed by atoms with Crippen LogP contribution in [0.3, 0.4) is 0 Å². The zero-order valence-electron chi connectivity index (χ0n) is 12.4. The highest BCUT2D eigenvalue weighted by Gasteiger charge is 2.26. The van der Waals surface area contributed by atoms with Gasteiger partial charge in [0.05, 0.1) is 12.6 Å². The first kappa shape index (κ1) is 14.7. The number of fused-ring (bicyclic) bond motifs is 1. The van der Waals surface area contributed by atoms with Gasteiger partial charge in [0.2, 0.25) is 5.91 Å². The van der Waals surface area contributed by atoms with Crippen LogP contribution in [-0.2, 0) is 20.7 Å². The Morgan fingerprint density at radius 2 is 2.05 bits per heavy atom. The average molecular weight is 297 g/mol. The number of aldehydes is 1. The van der Waals surface area contributed by atoms with Crippen LogP contribution < -0.4 is 0 Å². The van der Waals surface area contributed by atoms with E-state index in [9.17, 15) is 9.59 Å². The second-order valence-corrected chi connectivity index (χ2v) is 5.57. The Morgan fingerprint density at radius 3 is 2.86 bits per heavy atom. The van der Waals surface area contributed by atoms with Crippen molar-refractivity contribution in [3.05, 3.63) is 48.0 Å². The molecule has 114 valence electrons. The summed E-state index contributed by atoms with van der Waals surface area (Å²) in [5, 5.41) is 2.38. The molecule has 1 aliphatic rings. The minimum atomic E-state index is -0.335. The number of nitrogens with zero attached hydrogens (tertiary/aromatic N) is 1. The summed E-state index contributed by atoms with van der Waals surface area (Å²) in [5.74, 6) is -0.0232. The van der Waals surface area contributed by atoms with Gasteiger partial charge in [0, 0.05) is 6.42 Å². The van der Waals surface area contributed by atoms with Crippen molar-refractivity contribution in [2.45, 2.75) is 25.3 Å². The average Bonchev–Trinajstić information content (AvgIpc) is 2.59. The Kier molecular flexibility index (Phi) is 4.49. The Labute approximate surface area is 129 Å². The number of rotatable bonds is 4. The molecule has 0 aliphatic carbocycles. The second kappa shape index (κ2) is 6.71. The third-order valence-corrected chi connectivity index (χ3v) is 4.11. The molecule has 1 aliphatic heterocycles. The first-order valence-electron chi connectivity index (χ1n) is 7.58. The molecule has 1 fully saturated rings. The molecule has 0 saturated carbocycles. The molecule has 0 spiro atoms. The number of aryl methyl sites for hydroxylation is 1. The van der Waals surface area contributed by atoms with Gasteiger partial charge in [0.15, 0.2) is 0 Å². The predicted molar refractivity (Wildman–Crippen MR) is 84.4 cm³/mol. The fraction of sp³-hybridized carbons (Fsp3) is 0.333. The molecule has 0 N–H and O–H groups in total.